The third-order valence-corrected chi connectivity index (χ3v) is 2.28. The number of nitrogens with zero attached hydrogens (tertiary/aromatic N) is 1. The van der Waals surface area contributed by atoms with Gasteiger partial charge in [0.05, 0.1) is 6.42 Å². The van der Waals surface area contributed by atoms with Gasteiger partial charge in [-0.25, -0.2) is 4.79 Å². The van der Waals surface area contributed by atoms with Crippen molar-refractivity contribution < 1.29 is 14.7 Å². The molecule has 0 unspecified atom stereocenters. The summed E-state index contributed by atoms with van der Waals surface area (Å²) in [4.78, 5) is 23.4. The molecule has 92 valence electrons. The minimum absolute atomic E-state index is 0.0578. The summed E-state index contributed by atoms with van der Waals surface area (Å²) in [6.07, 6.45) is -0.0578. The van der Waals surface area contributed by atoms with Gasteiger partial charge in [0.15, 0.2) is 0 Å². The maximum atomic E-state index is 11.7. The van der Waals surface area contributed by atoms with Crippen LogP contribution in [0.2, 0.25) is 0 Å². The molecule has 5 heteroatoms. The van der Waals surface area contributed by atoms with Crippen LogP contribution in [-0.2, 0) is 4.79 Å². The lowest BCUT2D eigenvalue weighted by molar-refractivity contribution is -0.137. The van der Waals surface area contributed by atoms with Crippen LogP contribution in [0.25, 0.3) is 0 Å². The third-order valence-electron chi connectivity index (χ3n) is 2.28. The predicted molar refractivity (Wildman–Crippen MR) is 65.1 cm³/mol. The molecule has 0 spiro atoms. The van der Waals surface area contributed by atoms with Crippen LogP contribution in [0, 0.1) is 6.92 Å². The van der Waals surface area contributed by atoms with Crippen LogP contribution in [0.5, 0.6) is 0 Å². The first-order valence-corrected chi connectivity index (χ1v) is 5.29. The van der Waals surface area contributed by atoms with Crippen molar-refractivity contribution in [2.75, 3.05) is 18.9 Å². The molecule has 1 rings (SSSR count). The van der Waals surface area contributed by atoms with Crippen LogP contribution in [-0.4, -0.2) is 35.6 Å². The average Bonchev–Trinajstić information content (AvgIpc) is 2.25. The van der Waals surface area contributed by atoms with Crippen LogP contribution >= 0.6 is 0 Å². The summed E-state index contributed by atoms with van der Waals surface area (Å²) in [6, 6.07) is 7.11. The second-order valence-electron chi connectivity index (χ2n) is 3.86. The second-order valence-corrected chi connectivity index (χ2v) is 3.86. The highest BCUT2D eigenvalue weighted by molar-refractivity contribution is 5.89. The van der Waals surface area contributed by atoms with Crippen molar-refractivity contribution >= 4 is 17.7 Å². The van der Waals surface area contributed by atoms with Gasteiger partial charge in [0.25, 0.3) is 0 Å². The highest BCUT2D eigenvalue weighted by Gasteiger charge is 2.09. The molecule has 0 radical (unpaired) electrons. The molecule has 0 saturated heterocycles. The molecule has 0 aromatic heterocycles. The van der Waals surface area contributed by atoms with Gasteiger partial charge < -0.3 is 15.3 Å². The molecule has 0 saturated carbocycles. The normalized spacial score (nSPS) is 9.76. The average molecular weight is 236 g/mol. The third kappa shape index (κ3) is 4.55. The minimum Gasteiger partial charge on any atom is -0.481 e. The number of hydrogen-bond donors (Lipinski definition) is 2. The molecule has 0 atom stereocenters. The molecule has 5 nitrogen and oxygen atoms in total. The Kier molecular flexibility index (Phi) is 4.51. The van der Waals surface area contributed by atoms with Crippen molar-refractivity contribution in [1.29, 1.82) is 0 Å². The highest BCUT2D eigenvalue weighted by Crippen LogP contribution is 2.10. The molecular formula is C12H16N2O3. The summed E-state index contributed by atoms with van der Waals surface area (Å²) in [5, 5.41) is 11.2. The van der Waals surface area contributed by atoms with Gasteiger partial charge in [0, 0.05) is 19.3 Å². The summed E-state index contributed by atoms with van der Waals surface area (Å²) < 4.78 is 0. The van der Waals surface area contributed by atoms with Crippen LogP contribution < -0.4 is 5.32 Å². The van der Waals surface area contributed by atoms with Crippen LogP contribution in [0.15, 0.2) is 24.3 Å². The molecule has 1 aromatic carbocycles. The number of nitrogens with one attached hydrogen (secondary N) is 1. The Labute approximate surface area is 100 Å². The molecule has 1 aromatic rings. The van der Waals surface area contributed by atoms with E-state index in [2.05, 4.69) is 5.32 Å². The Morgan fingerprint density at radius 1 is 1.41 bits per heavy atom. The summed E-state index contributed by atoms with van der Waals surface area (Å²) in [6.45, 7) is 2.12. The van der Waals surface area contributed by atoms with Gasteiger partial charge in [-0.2, -0.15) is 0 Å². The number of aryl methyl sites for hydroxylation is 1. The van der Waals surface area contributed by atoms with Gasteiger partial charge >= 0.3 is 12.0 Å². The van der Waals surface area contributed by atoms with E-state index < -0.39 is 5.97 Å². The van der Waals surface area contributed by atoms with E-state index in [0.717, 1.165) is 5.56 Å². The maximum absolute atomic E-state index is 11.7. The van der Waals surface area contributed by atoms with E-state index in [1.165, 1.54) is 4.90 Å². The van der Waals surface area contributed by atoms with E-state index in [9.17, 15) is 9.59 Å². The fraction of sp³-hybridized carbons (Fsp3) is 0.333. The second kappa shape index (κ2) is 5.89. The maximum Gasteiger partial charge on any atom is 0.321 e. The zero-order valence-electron chi connectivity index (χ0n) is 9.93. The van der Waals surface area contributed by atoms with Crippen molar-refractivity contribution in [2.24, 2.45) is 0 Å². The first-order chi connectivity index (χ1) is 7.99. The van der Waals surface area contributed by atoms with Gasteiger partial charge in [0.2, 0.25) is 0 Å². The lowest BCUT2D eigenvalue weighted by Crippen LogP contribution is -2.33. The monoisotopic (exact) mass is 236 g/mol. The number of rotatable bonds is 4. The molecule has 2 amide bonds. The quantitative estimate of drug-likeness (QED) is 0.839. The van der Waals surface area contributed by atoms with E-state index in [4.69, 9.17) is 5.11 Å². The molecule has 0 aliphatic rings. The highest BCUT2D eigenvalue weighted by atomic mass is 16.4. The Bertz CT molecular complexity index is 418. The first kappa shape index (κ1) is 13.0. The smallest absolute Gasteiger partial charge is 0.321 e. The van der Waals surface area contributed by atoms with Crippen LogP contribution in [0.3, 0.4) is 0 Å². The predicted octanol–water partition coefficient (Wildman–Crippen LogP) is 1.93. The Hall–Kier alpha value is -2.04. The Morgan fingerprint density at radius 2 is 2.12 bits per heavy atom. The number of carbonyl (C=O) groups excluding carboxylic acids is 1. The Morgan fingerprint density at radius 3 is 2.71 bits per heavy atom. The van der Waals surface area contributed by atoms with Crippen molar-refractivity contribution in [3.05, 3.63) is 29.8 Å². The van der Waals surface area contributed by atoms with Crippen molar-refractivity contribution in [3.63, 3.8) is 0 Å². The standard InChI is InChI=1S/C12H16N2O3/c1-9-4-3-5-10(8-9)13-12(17)14(2)7-6-11(15)16/h3-5,8H,6-7H2,1-2H3,(H,13,17)(H,15,16). The van der Waals surface area contributed by atoms with E-state index in [0.29, 0.717) is 5.69 Å². The number of aliphatic carboxylic acids is 1. The zero-order valence-corrected chi connectivity index (χ0v) is 9.93. The van der Waals surface area contributed by atoms with Gasteiger partial charge in [-0.3, -0.25) is 4.79 Å². The number of carboxylic acid groups (broad SMARTS) is 1. The number of amides is 2. The van der Waals surface area contributed by atoms with E-state index in [1.54, 1.807) is 13.1 Å². The fourth-order valence-electron chi connectivity index (χ4n) is 1.31. The van der Waals surface area contributed by atoms with Gasteiger partial charge in [0.1, 0.15) is 0 Å². The minimum atomic E-state index is -0.916. The summed E-state index contributed by atoms with van der Waals surface area (Å²) >= 11 is 0. The van der Waals surface area contributed by atoms with Crippen LogP contribution in [0.1, 0.15) is 12.0 Å². The summed E-state index contributed by atoms with van der Waals surface area (Å²) in [5.74, 6) is -0.916. The van der Waals surface area contributed by atoms with Gasteiger partial charge in [-0.05, 0) is 24.6 Å². The molecule has 0 aliphatic heterocycles. The molecule has 0 heterocycles. The molecular weight excluding hydrogens is 220 g/mol. The SMILES string of the molecule is Cc1cccc(NC(=O)N(C)CCC(=O)O)c1. The topological polar surface area (TPSA) is 69.6 Å². The molecule has 2 N–H and O–H groups in total. The van der Waals surface area contributed by atoms with E-state index in [-0.39, 0.29) is 19.0 Å². The number of anilines is 1. The number of urea groups is 1. The largest absolute Gasteiger partial charge is 0.481 e. The van der Waals surface area contributed by atoms with E-state index in [1.807, 2.05) is 25.1 Å². The van der Waals surface area contributed by atoms with Gasteiger partial charge in [-0.1, -0.05) is 12.1 Å². The number of hydrogen-bond acceptors (Lipinski definition) is 2. The first-order valence-electron chi connectivity index (χ1n) is 5.29. The van der Waals surface area contributed by atoms with Gasteiger partial charge in [-0.15, -0.1) is 0 Å². The number of benzene rings is 1. The number of carboxylic acids is 1. The number of carbonyl (C=O) groups is 2. The molecule has 0 aliphatic carbocycles. The zero-order chi connectivity index (χ0) is 12.8. The van der Waals surface area contributed by atoms with Crippen molar-refractivity contribution in [1.82, 2.24) is 4.90 Å². The van der Waals surface area contributed by atoms with E-state index >= 15 is 0 Å². The lowest BCUT2D eigenvalue weighted by Gasteiger charge is -2.17. The van der Waals surface area contributed by atoms with Crippen molar-refractivity contribution in [3.8, 4) is 0 Å². The summed E-state index contributed by atoms with van der Waals surface area (Å²) in [7, 11) is 1.56. The molecule has 0 bridgehead atoms. The Balaban J connectivity index is 2.51. The molecule has 17 heavy (non-hydrogen) atoms. The lowest BCUT2D eigenvalue weighted by atomic mass is 10.2. The van der Waals surface area contributed by atoms with Crippen LogP contribution in [0.4, 0.5) is 10.5 Å². The molecule has 0 fully saturated rings. The fourth-order valence-corrected chi connectivity index (χ4v) is 1.31. The summed E-state index contributed by atoms with van der Waals surface area (Å²) in [5.41, 5.74) is 1.76. The van der Waals surface area contributed by atoms with Crippen molar-refractivity contribution in [2.45, 2.75) is 13.3 Å².